The Labute approximate surface area is 103 Å². The third-order valence-electron chi connectivity index (χ3n) is 3.05. The van der Waals surface area contributed by atoms with Crippen molar-refractivity contribution in [2.45, 2.75) is 32.7 Å². The van der Waals surface area contributed by atoms with Crippen LogP contribution in [0.5, 0.6) is 0 Å². The van der Waals surface area contributed by atoms with Gasteiger partial charge in [-0.3, -0.25) is 0 Å². The molecule has 0 bridgehead atoms. The average molecular weight is 235 g/mol. The van der Waals surface area contributed by atoms with Crippen LogP contribution in [0.1, 0.15) is 18.1 Å². The molecule has 3 heteroatoms. The van der Waals surface area contributed by atoms with Gasteiger partial charge in [0.2, 0.25) is 0 Å². The zero-order valence-corrected chi connectivity index (χ0v) is 10.6. The van der Waals surface area contributed by atoms with Gasteiger partial charge in [0, 0.05) is 13.1 Å². The molecule has 0 aromatic heterocycles. The molecule has 1 aromatic carbocycles. The van der Waals surface area contributed by atoms with Crippen molar-refractivity contribution in [1.82, 2.24) is 5.32 Å². The fourth-order valence-electron chi connectivity index (χ4n) is 2.04. The maximum absolute atomic E-state index is 5.77. The van der Waals surface area contributed by atoms with Crippen LogP contribution < -0.4 is 5.32 Å². The third kappa shape index (κ3) is 3.80. The number of ether oxygens (including phenoxy) is 2. The predicted molar refractivity (Wildman–Crippen MR) is 68.0 cm³/mol. The van der Waals surface area contributed by atoms with E-state index in [-0.39, 0.29) is 12.2 Å². The Kier molecular flexibility index (Phi) is 4.54. The molecule has 1 aliphatic rings. The number of rotatable bonds is 4. The molecule has 2 rings (SSSR count). The molecular formula is C14H21NO2. The van der Waals surface area contributed by atoms with Crippen molar-refractivity contribution in [3.05, 3.63) is 35.4 Å². The van der Waals surface area contributed by atoms with Gasteiger partial charge < -0.3 is 14.8 Å². The lowest BCUT2D eigenvalue weighted by Crippen LogP contribution is -2.45. The first kappa shape index (κ1) is 12.6. The lowest BCUT2D eigenvalue weighted by Gasteiger charge is -2.28. The summed E-state index contributed by atoms with van der Waals surface area (Å²) in [6.45, 7) is 7.35. The van der Waals surface area contributed by atoms with Gasteiger partial charge >= 0.3 is 0 Å². The SMILES string of the molecule is Cc1ccccc1COCC1CNCC(C)O1. The van der Waals surface area contributed by atoms with Crippen LogP contribution in [-0.4, -0.2) is 31.9 Å². The highest BCUT2D eigenvalue weighted by Crippen LogP contribution is 2.10. The van der Waals surface area contributed by atoms with Crippen molar-refractivity contribution in [2.75, 3.05) is 19.7 Å². The number of aryl methyl sites for hydroxylation is 1. The normalized spacial score (nSPS) is 24.8. The minimum atomic E-state index is 0.183. The Morgan fingerprint density at radius 2 is 2.18 bits per heavy atom. The average Bonchev–Trinajstić information content (AvgIpc) is 2.32. The molecule has 1 aromatic rings. The summed E-state index contributed by atoms with van der Waals surface area (Å²) in [6.07, 6.45) is 0.471. The second-order valence-corrected chi connectivity index (χ2v) is 4.67. The molecule has 0 amide bonds. The van der Waals surface area contributed by atoms with Gasteiger partial charge in [0.15, 0.2) is 0 Å². The first-order valence-electron chi connectivity index (χ1n) is 6.24. The van der Waals surface area contributed by atoms with Crippen LogP contribution in [0.2, 0.25) is 0 Å². The van der Waals surface area contributed by atoms with Crippen molar-refractivity contribution in [2.24, 2.45) is 0 Å². The van der Waals surface area contributed by atoms with Crippen molar-refractivity contribution in [1.29, 1.82) is 0 Å². The summed E-state index contributed by atoms with van der Waals surface area (Å²) in [4.78, 5) is 0. The molecule has 0 aliphatic carbocycles. The Morgan fingerprint density at radius 1 is 1.35 bits per heavy atom. The van der Waals surface area contributed by atoms with E-state index in [1.165, 1.54) is 11.1 Å². The van der Waals surface area contributed by atoms with E-state index in [0.29, 0.717) is 13.2 Å². The number of hydrogen-bond acceptors (Lipinski definition) is 3. The van der Waals surface area contributed by atoms with E-state index in [1.807, 2.05) is 6.07 Å². The molecule has 3 nitrogen and oxygen atoms in total. The summed E-state index contributed by atoms with van der Waals surface area (Å²) in [5.41, 5.74) is 2.54. The van der Waals surface area contributed by atoms with Crippen molar-refractivity contribution < 1.29 is 9.47 Å². The molecule has 2 atom stereocenters. The largest absolute Gasteiger partial charge is 0.374 e. The van der Waals surface area contributed by atoms with Gasteiger partial charge in [-0.25, -0.2) is 0 Å². The maximum Gasteiger partial charge on any atom is 0.0936 e. The zero-order valence-electron chi connectivity index (χ0n) is 10.6. The molecule has 0 spiro atoms. The fraction of sp³-hybridized carbons (Fsp3) is 0.571. The van der Waals surface area contributed by atoms with E-state index >= 15 is 0 Å². The second kappa shape index (κ2) is 6.15. The number of morpholine rings is 1. The van der Waals surface area contributed by atoms with Crippen molar-refractivity contribution in [3.8, 4) is 0 Å². The van der Waals surface area contributed by atoms with E-state index in [4.69, 9.17) is 9.47 Å². The lowest BCUT2D eigenvalue weighted by molar-refractivity contribution is -0.0716. The first-order valence-corrected chi connectivity index (χ1v) is 6.24. The van der Waals surface area contributed by atoms with Gasteiger partial charge in [0.25, 0.3) is 0 Å². The molecule has 0 radical (unpaired) electrons. The highest BCUT2D eigenvalue weighted by molar-refractivity contribution is 5.24. The minimum Gasteiger partial charge on any atom is -0.374 e. The highest BCUT2D eigenvalue weighted by atomic mass is 16.5. The fourth-order valence-corrected chi connectivity index (χ4v) is 2.04. The molecule has 1 aliphatic heterocycles. The first-order chi connectivity index (χ1) is 8.25. The van der Waals surface area contributed by atoms with Crippen LogP contribution in [0.25, 0.3) is 0 Å². The smallest absolute Gasteiger partial charge is 0.0936 e. The van der Waals surface area contributed by atoms with E-state index in [0.717, 1.165) is 13.1 Å². The molecule has 1 heterocycles. The quantitative estimate of drug-likeness (QED) is 0.864. The van der Waals surface area contributed by atoms with Gasteiger partial charge in [-0.15, -0.1) is 0 Å². The monoisotopic (exact) mass is 235 g/mol. The Bertz CT molecular complexity index is 354. The van der Waals surface area contributed by atoms with Crippen LogP contribution in [0.15, 0.2) is 24.3 Å². The minimum absolute atomic E-state index is 0.183. The van der Waals surface area contributed by atoms with Crippen LogP contribution >= 0.6 is 0 Å². The Balaban J connectivity index is 1.74. The zero-order chi connectivity index (χ0) is 12.1. The van der Waals surface area contributed by atoms with Gasteiger partial charge in [0.05, 0.1) is 25.4 Å². The second-order valence-electron chi connectivity index (χ2n) is 4.67. The number of benzene rings is 1. The number of nitrogens with one attached hydrogen (secondary N) is 1. The van der Waals surface area contributed by atoms with Gasteiger partial charge in [-0.2, -0.15) is 0 Å². The van der Waals surface area contributed by atoms with Crippen LogP contribution in [0.4, 0.5) is 0 Å². The van der Waals surface area contributed by atoms with E-state index in [9.17, 15) is 0 Å². The number of hydrogen-bond donors (Lipinski definition) is 1. The van der Waals surface area contributed by atoms with Gasteiger partial charge in [-0.1, -0.05) is 24.3 Å². The summed E-state index contributed by atoms with van der Waals surface area (Å²) in [6, 6.07) is 8.32. The molecule has 0 saturated carbocycles. The van der Waals surface area contributed by atoms with Crippen LogP contribution in [0.3, 0.4) is 0 Å². The molecule has 1 fully saturated rings. The van der Waals surface area contributed by atoms with E-state index in [2.05, 4.69) is 37.4 Å². The standard InChI is InChI=1S/C14H21NO2/c1-11-5-3-4-6-13(11)9-16-10-14-8-15-7-12(2)17-14/h3-6,12,14-15H,7-10H2,1-2H3. The third-order valence-corrected chi connectivity index (χ3v) is 3.05. The van der Waals surface area contributed by atoms with Crippen LogP contribution in [-0.2, 0) is 16.1 Å². The topological polar surface area (TPSA) is 30.5 Å². The van der Waals surface area contributed by atoms with Gasteiger partial charge in [-0.05, 0) is 25.0 Å². The van der Waals surface area contributed by atoms with Gasteiger partial charge in [0.1, 0.15) is 0 Å². The van der Waals surface area contributed by atoms with Crippen LogP contribution in [0, 0.1) is 6.92 Å². The summed E-state index contributed by atoms with van der Waals surface area (Å²) in [7, 11) is 0. The summed E-state index contributed by atoms with van der Waals surface area (Å²) in [5, 5.41) is 3.34. The van der Waals surface area contributed by atoms with E-state index in [1.54, 1.807) is 0 Å². The van der Waals surface area contributed by atoms with Crippen molar-refractivity contribution in [3.63, 3.8) is 0 Å². The Hall–Kier alpha value is -0.900. The molecule has 1 N–H and O–H groups in total. The summed E-state index contributed by atoms with van der Waals surface area (Å²) < 4.78 is 11.5. The van der Waals surface area contributed by atoms with E-state index < -0.39 is 0 Å². The molecule has 17 heavy (non-hydrogen) atoms. The highest BCUT2D eigenvalue weighted by Gasteiger charge is 2.18. The maximum atomic E-state index is 5.77. The Morgan fingerprint density at radius 3 is 2.94 bits per heavy atom. The molecule has 1 saturated heterocycles. The molecule has 94 valence electrons. The summed E-state index contributed by atoms with van der Waals surface area (Å²) >= 11 is 0. The molecular weight excluding hydrogens is 214 g/mol. The predicted octanol–water partition coefficient (Wildman–Crippen LogP) is 1.89. The summed E-state index contributed by atoms with van der Waals surface area (Å²) in [5.74, 6) is 0. The molecule has 2 unspecified atom stereocenters. The van der Waals surface area contributed by atoms with Crippen molar-refractivity contribution >= 4 is 0 Å². The lowest BCUT2D eigenvalue weighted by atomic mass is 10.1.